The lowest BCUT2D eigenvalue weighted by atomic mass is 10.1. The molecule has 0 aliphatic carbocycles. The highest BCUT2D eigenvalue weighted by Crippen LogP contribution is 2.28. The molecule has 0 unspecified atom stereocenters. The number of epoxide rings is 1. The van der Waals surface area contributed by atoms with Crippen molar-refractivity contribution in [1.82, 2.24) is 0 Å². The molecule has 0 aromatic carbocycles. The molecule has 0 radical (unpaired) electrons. The van der Waals surface area contributed by atoms with Crippen LogP contribution in [0.25, 0.3) is 0 Å². The lowest BCUT2D eigenvalue weighted by Crippen LogP contribution is -2.01. The lowest BCUT2D eigenvalue weighted by molar-refractivity contribution is -0.140. The second-order valence-corrected chi connectivity index (χ2v) is 3.51. The van der Waals surface area contributed by atoms with Crippen molar-refractivity contribution in [2.24, 2.45) is 0 Å². The zero-order chi connectivity index (χ0) is 11.8. The Labute approximate surface area is 94.9 Å². The molecular weight excluding hydrogens is 208 g/mol. The zero-order valence-corrected chi connectivity index (χ0v) is 9.30. The fourth-order valence-electron chi connectivity index (χ4n) is 1.39. The third-order valence-corrected chi connectivity index (χ3v) is 2.32. The van der Waals surface area contributed by atoms with Crippen LogP contribution in [-0.2, 0) is 19.1 Å². The van der Waals surface area contributed by atoms with Gasteiger partial charge in [0.15, 0.2) is 0 Å². The summed E-state index contributed by atoms with van der Waals surface area (Å²) >= 11 is 0. The highest BCUT2D eigenvalue weighted by atomic mass is 16.6. The Hall–Kier alpha value is -1.42. The van der Waals surface area contributed by atoms with Crippen LogP contribution in [0, 0.1) is 0 Å². The quantitative estimate of drug-likeness (QED) is 0.216. The molecule has 0 saturated carbocycles. The van der Waals surface area contributed by atoms with E-state index < -0.39 is 0 Å². The molecule has 1 fully saturated rings. The van der Waals surface area contributed by atoms with E-state index in [1.54, 1.807) is 12.2 Å². The van der Waals surface area contributed by atoms with Gasteiger partial charge >= 0.3 is 5.97 Å². The first kappa shape index (κ1) is 12.6. The number of carbonyl (C=O) groups is 2. The Kier molecular flexibility index (Phi) is 5.50. The van der Waals surface area contributed by atoms with Gasteiger partial charge < -0.3 is 9.47 Å². The van der Waals surface area contributed by atoms with Gasteiger partial charge in [-0.25, -0.2) is 0 Å². The van der Waals surface area contributed by atoms with E-state index in [1.807, 2.05) is 6.08 Å². The van der Waals surface area contributed by atoms with E-state index in [0.717, 1.165) is 19.1 Å². The molecule has 0 aromatic heterocycles. The van der Waals surface area contributed by atoms with Gasteiger partial charge in [-0.2, -0.15) is 0 Å². The van der Waals surface area contributed by atoms with Crippen molar-refractivity contribution in [2.75, 3.05) is 7.11 Å². The summed E-state index contributed by atoms with van der Waals surface area (Å²) in [5.74, 6) is -0.179. The number of methoxy groups -OCH3 is 1. The van der Waals surface area contributed by atoms with Crippen LogP contribution in [0.2, 0.25) is 0 Å². The molecular formula is C12H16O4. The molecule has 1 heterocycles. The molecule has 0 amide bonds. The number of aldehydes is 1. The van der Waals surface area contributed by atoms with Crippen LogP contribution in [0.3, 0.4) is 0 Å². The van der Waals surface area contributed by atoms with E-state index in [2.05, 4.69) is 4.74 Å². The first-order valence-corrected chi connectivity index (χ1v) is 5.29. The number of rotatable bonds is 7. The SMILES string of the molecule is COC(=O)CCC[C@@H]1O[C@H]1/C=C/C=C\C=O. The second-order valence-electron chi connectivity index (χ2n) is 3.51. The molecule has 1 aliphatic rings. The van der Waals surface area contributed by atoms with Crippen LogP contribution in [0.15, 0.2) is 24.3 Å². The molecule has 4 heteroatoms. The third kappa shape index (κ3) is 4.89. The Morgan fingerprint density at radius 3 is 2.88 bits per heavy atom. The minimum absolute atomic E-state index is 0.133. The van der Waals surface area contributed by atoms with Crippen molar-refractivity contribution in [1.29, 1.82) is 0 Å². The standard InChI is InChI=1S/C12H16O4/c1-15-12(14)8-5-7-11-10(16-11)6-3-2-4-9-13/h2-4,6,9-11H,5,7-8H2,1H3/b4-2-,6-3+/t10-,11-/m0/s1. The normalized spacial score (nSPS) is 23.8. The van der Waals surface area contributed by atoms with E-state index in [-0.39, 0.29) is 18.2 Å². The molecule has 0 spiro atoms. The maximum Gasteiger partial charge on any atom is 0.305 e. The Morgan fingerprint density at radius 1 is 1.38 bits per heavy atom. The van der Waals surface area contributed by atoms with Crippen LogP contribution in [0.1, 0.15) is 19.3 Å². The number of hydrogen-bond acceptors (Lipinski definition) is 4. The zero-order valence-electron chi connectivity index (χ0n) is 9.30. The van der Waals surface area contributed by atoms with E-state index in [9.17, 15) is 9.59 Å². The summed E-state index contributed by atoms with van der Waals surface area (Å²) in [6.07, 6.45) is 9.95. The number of ether oxygens (including phenoxy) is 2. The summed E-state index contributed by atoms with van der Waals surface area (Å²) < 4.78 is 9.89. The molecule has 88 valence electrons. The Morgan fingerprint density at radius 2 is 2.19 bits per heavy atom. The maximum absolute atomic E-state index is 10.8. The number of allylic oxidation sites excluding steroid dienone is 3. The largest absolute Gasteiger partial charge is 0.469 e. The average Bonchev–Trinajstić information content (AvgIpc) is 3.03. The minimum atomic E-state index is -0.179. The van der Waals surface area contributed by atoms with Gasteiger partial charge in [-0.1, -0.05) is 18.2 Å². The molecule has 1 aliphatic heterocycles. The fraction of sp³-hybridized carbons (Fsp3) is 0.500. The molecule has 16 heavy (non-hydrogen) atoms. The highest BCUT2D eigenvalue weighted by Gasteiger charge is 2.35. The molecule has 0 N–H and O–H groups in total. The monoisotopic (exact) mass is 224 g/mol. The lowest BCUT2D eigenvalue weighted by Gasteiger charge is -1.96. The summed E-state index contributed by atoms with van der Waals surface area (Å²) in [5, 5.41) is 0. The van der Waals surface area contributed by atoms with Gasteiger partial charge in [-0.3, -0.25) is 9.59 Å². The number of carbonyl (C=O) groups excluding carboxylic acids is 2. The van der Waals surface area contributed by atoms with E-state index in [1.165, 1.54) is 13.2 Å². The molecule has 1 saturated heterocycles. The van der Waals surface area contributed by atoms with Crippen LogP contribution < -0.4 is 0 Å². The van der Waals surface area contributed by atoms with Gasteiger partial charge in [0.25, 0.3) is 0 Å². The van der Waals surface area contributed by atoms with Crippen molar-refractivity contribution in [3.8, 4) is 0 Å². The van der Waals surface area contributed by atoms with E-state index in [0.29, 0.717) is 6.42 Å². The van der Waals surface area contributed by atoms with Crippen molar-refractivity contribution < 1.29 is 19.1 Å². The van der Waals surface area contributed by atoms with Gasteiger partial charge in [0.2, 0.25) is 0 Å². The van der Waals surface area contributed by atoms with Gasteiger partial charge in [0, 0.05) is 6.42 Å². The van der Waals surface area contributed by atoms with Gasteiger partial charge in [-0.05, 0) is 18.9 Å². The topological polar surface area (TPSA) is 55.9 Å². The van der Waals surface area contributed by atoms with Gasteiger partial charge in [-0.15, -0.1) is 0 Å². The third-order valence-electron chi connectivity index (χ3n) is 2.32. The Bertz CT molecular complexity index is 293. The van der Waals surface area contributed by atoms with E-state index in [4.69, 9.17) is 4.74 Å². The molecule has 0 aromatic rings. The Balaban J connectivity index is 2.06. The maximum atomic E-state index is 10.8. The minimum Gasteiger partial charge on any atom is -0.469 e. The molecule has 4 nitrogen and oxygen atoms in total. The average molecular weight is 224 g/mol. The molecule has 2 atom stereocenters. The van der Waals surface area contributed by atoms with Crippen molar-refractivity contribution in [2.45, 2.75) is 31.5 Å². The van der Waals surface area contributed by atoms with E-state index >= 15 is 0 Å². The second kappa shape index (κ2) is 6.95. The summed E-state index contributed by atoms with van der Waals surface area (Å²) in [4.78, 5) is 20.8. The van der Waals surface area contributed by atoms with Crippen LogP contribution in [0.5, 0.6) is 0 Å². The van der Waals surface area contributed by atoms with Gasteiger partial charge in [0.05, 0.1) is 13.2 Å². The van der Waals surface area contributed by atoms with Crippen LogP contribution >= 0.6 is 0 Å². The van der Waals surface area contributed by atoms with Crippen molar-refractivity contribution in [3.63, 3.8) is 0 Å². The molecule has 0 bridgehead atoms. The summed E-state index contributed by atoms with van der Waals surface area (Å²) in [6, 6.07) is 0. The van der Waals surface area contributed by atoms with Crippen LogP contribution in [0.4, 0.5) is 0 Å². The first-order chi connectivity index (χ1) is 7.77. The predicted octanol–water partition coefficient (Wildman–Crippen LogP) is 1.41. The molecule has 1 rings (SSSR count). The van der Waals surface area contributed by atoms with Crippen LogP contribution in [-0.4, -0.2) is 31.6 Å². The number of esters is 1. The first-order valence-electron chi connectivity index (χ1n) is 5.29. The summed E-state index contributed by atoms with van der Waals surface area (Å²) in [6.45, 7) is 0. The van der Waals surface area contributed by atoms with Gasteiger partial charge in [0.1, 0.15) is 12.4 Å². The summed E-state index contributed by atoms with van der Waals surface area (Å²) in [7, 11) is 1.39. The fourth-order valence-corrected chi connectivity index (χ4v) is 1.39. The van der Waals surface area contributed by atoms with Crippen molar-refractivity contribution in [3.05, 3.63) is 24.3 Å². The highest BCUT2D eigenvalue weighted by molar-refractivity contribution is 5.69. The summed E-state index contributed by atoms with van der Waals surface area (Å²) in [5.41, 5.74) is 0. The van der Waals surface area contributed by atoms with Crippen molar-refractivity contribution >= 4 is 12.3 Å². The number of hydrogen-bond donors (Lipinski definition) is 0. The predicted molar refractivity (Wildman–Crippen MR) is 58.9 cm³/mol. The smallest absolute Gasteiger partial charge is 0.305 e.